The van der Waals surface area contributed by atoms with Crippen molar-refractivity contribution < 1.29 is 33.4 Å². The molecule has 2 aliphatic heterocycles. The summed E-state index contributed by atoms with van der Waals surface area (Å²) >= 11 is 0. The number of allylic oxidation sites excluding steroid dienone is 1. The average Bonchev–Trinajstić information content (AvgIpc) is 3.23. The highest BCUT2D eigenvalue weighted by molar-refractivity contribution is 6.02. The van der Waals surface area contributed by atoms with Crippen LogP contribution in [0.2, 0.25) is 0 Å². The first-order valence-electron chi connectivity index (χ1n) is 21.4. The van der Waals surface area contributed by atoms with Gasteiger partial charge in [0, 0.05) is 17.8 Å². The molecule has 11 heteroatoms. The fourth-order valence-corrected chi connectivity index (χ4v) is 8.53. The van der Waals surface area contributed by atoms with E-state index in [-0.39, 0.29) is 11.5 Å². The summed E-state index contributed by atoms with van der Waals surface area (Å²) in [5.41, 5.74) is 2.35. The quantitative estimate of drug-likeness (QED) is 0.0844. The Balaban J connectivity index is 1.38. The lowest BCUT2D eigenvalue weighted by Crippen LogP contribution is -2.54. The van der Waals surface area contributed by atoms with Gasteiger partial charge in [0.2, 0.25) is 0 Å². The molecule has 1 saturated heterocycles. The number of carbonyl (C=O) groups excluding carboxylic acids is 4. The SMILES string of the molecule is CCCCCCCCCCCCCCCc1cccc(OC)c1C1C(C(=O)OC)=C(C)NC(=O)N1C(=O)NCCCN1CCC(C(=O)OC)(c2ccccc2)CC1. The number of amides is 4. The standard InChI is InChI=1S/C46H68N4O7/c1-6-7-8-9-10-11-12-13-14-15-16-17-19-24-36-25-22-28-38(55-3)40(36)41-39(42(51)56-4)35(2)48-45(54)50(41)44(53)47-31-23-32-49-33-29-46(30-34-49,43(52)57-5)37-26-20-18-21-27-37/h18,20-22,25-28,41H,6-17,19,23-24,29-34H2,1-5H3,(H,47,53)(H,48,54). The second-order valence-corrected chi connectivity index (χ2v) is 15.6. The molecular formula is C46H68N4O7. The number of hydrogen-bond acceptors (Lipinski definition) is 8. The highest BCUT2D eigenvalue weighted by Gasteiger charge is 2.45. The first kappa shape index (κ1) is 45.3. The smallest absolute Gasteiger partial charge is 0.337 e. The van der Waals surface area contributed by atoms with Gasteiger partial charge in [-0.15, -0.1) is 0 Å². The van der Waals surface area contributed by atoms with Gasteiger partial charge in [0.05, 0.1) is 32.3 Å². The first-order valence-corrected chi connectivity index (χ1v) is 21.4. The summed E-state index contributed by atoms with van der Waals surface area (Å²) < 4.78 is 16.3. The van der Waals surface area contributed by atoms with Crippen molar-refractivity contribution in [1.29, 1.82) is 0 Å². The van der Waals surface area contributed by atoms with Crippen LogP contribution < -0.4 is 15.4 Å². The van der Waals surface area contributed by atoms with Crippen LogP contribution in [0.3, 0.4) is 0 Å². The summed E-state index contributed by atoms with van der Waals surface area (Å²) in [4.78, 5) is 57.5. The number of carbonyl (C=O) groups is 4. The maximum Gasteiger partial charge on any atom is 0.337 e. The van der Waals surface area contributed by atoms with Gasteiger partial charge in [0.1, 0.15) is 11.8 Å². The van der Waals surface area contributed by atoms with Gasteiger partial charge in [-0.3, -0.25) is 4.79 Å². The van der Waals surface area contributed by atoms with Crippen molar-refractivity contribution in [3.8, 4) is 5.75 Å². The Hall–Kier alpha value is -4.38. The number of methoxy groups -OCH3 is 3. The molecule has 1 fully saturated rings. The van der Waals surface area contributed by atoms with Crippen molar-refractivity contribution in [3.63, 3.8) is 0 Å². The number of piperidine rings is 1. The molecule has 314 valence electrons. The van der Waals surface area contributed by atoms with Crippen molar-refractivity contribution in [1.82, 2.24) is 20.4 Å². The summed E-state index contributed by atoms with van der Waals surface area (Å²) in [6, 6.07) is 13.2. The Morgan fingerprint density at radius 1 is 0.789 bits per heavy atom. The number of aryl methyl sites for hydroxylation is 1. The molecule has 2 aromatic rings. The van der Waals surface area contributed by atoms with E-state index in [1.54, 1.807) is 20.1 Å². The number of nitrogens with one attached hydrogen (secondary N) is 2. The van der Waals surface area contributed by atoms with E-state index in [2.05, 4.69) is 22.5 Å². The predicted octanol–water partition coefficient (Wildman–Crippen LogP) is 9.15. The molecule has 0 bridgehead atoms. The molecule has 2 heterocycles. The summed E-state index contributed by atoms with van der Waals surface area (Å²) in [7, 11) is 4.30. The number of rotatable bonds is 23. The van der Waals surface area contributed by atoms with Crippen LogP contribution >= 0.6 is 0 Å². The molecule has 0 radical (unpaired) electrons. The Morgan fingerprint density at radius 2 is 1.40 bits per heavy atom. The minimum Gasteiger partial charge on any atom is -0.496 e. The minimum absolute atomic E-state index is 0.184. The zero-order chi connectivity index (χ0) is 41.0. The lowest BCUT2D eigenvalue weighted by atomic mass is 9.72. The van der Waals surface area contributed by atoms with E-state index < -0.39 is 29.5 Å². The zero-order valence-corrected chi connectivity index (χ0v) is 35.3. The molecule has 57 heavy (non-hydrogen) atoms. The lowest BCUT2D eigenvalue weighted by molar-refractivity contribution is -0.149. The molecule has 4 rings (SSSR count). The number of esters is 2. The second-order valence-electron chi connectivity index (χ2n) is 15.6. The molecule has 0 saturated carbocycles. The number of nitrogens with zero attached hydrogens (tertiary/aromatic N) is 2. The van der Waals surface area contributed by atoms with E-state index in [1.165, 1.54) is 78.4 Å². The fraction of sp³-hybridized carbons (Fsp3) is 0.609. The molecule has 0 aromatic heterocycles. The maximum absolute atomic E-state index is 14.0. The van der Waals surface area contributed by atoms with Gasteiger partial charge in [-0.25, -0.2) is 19.3 Å². The van der Waals surface area contributed by atoms with Crippen LogP contribution in [0.4, 0.5) is 9.59 Å². The van der Waals surface area contributed by atoms with E-state index in [0.29, 0.717) is 68.9 Å². The average molecular weight is 789 g/mol. The highest BCUT2D eigenvalue weighted by atomic mass is 16.5. The lowest BCUT2D eigenvalue weighted by Gasteiger charge is -2.40. The van der Waals surface area contributed by atoms with E-state index in [1.807, 2.05) is 42.5 Å². The van der Waals surface area contributed by atoms with Gasteiger partial charge in [-0.2, -0.15) is 0 Å². The molecule has 11 nitrogen and oxygen atoms in total. The third-order valence-corrected chi connectivity index (χ3v) is 11.8. The third kappa shape index (κ3) is 12.3. The van der Waals surface area contributed by atoms with E-state index in [0.717, 1.165) is 35.3 Å². The van der Waals surface area contributed by atoms with Crippen molar-refractivity contribution in [2.75, 3.05) is 47.5 Å². The van der Waals surface area contributed by atoms with Gasteiger partial charge < -0.3 is 29.7 Å². The van der Waals surface area contributed by atoms with E-state index in [4.69, 9.17) is 14.2 Å². The Bertz CT molecular complexity index is 1620. The Morgan fingerprint density at radius 3 is 1.98 bits per heavy atom. The molecule has 4 amide bonds. The predicted molar refractivity (Wildman–Crippen MR) is 224 cm³/mol. The Labute approximate surface area is 341 Å². The number of benzene rings is 2. The number of imide groups is 1. The zero-order valence-electron chi connectivity index (χ0n) is 35.3. The Kier molecular flexibility index (Phi) is 18.9. The van der Waals surface area contributed by atoms with E-state index in [9.17, 15) is 19.2 Å². The molecule has 1 unspecified atom stereocenters. The van der Waals surface area contributed by atoms with Gasteiger partial charge in [-0.1, -0.05) is 126 Å². The second kappa shape index (κ2) is 23.8. The van der Waals surface area contributed by atoms with Gasteiger partial charge in [0.25, 0.3) is 0 Å². The fourth-order valence-electron chi connectivity index (χ4n) is 8.53. The maximum atomic E-state index is 14.0. The monoisotopic (exact) mass is 789 g/mol. The minimum atomic E-state index is -1.05. The number of ether oxygens (including phenoxy) is 3. The molecule has 2 N–H and O–H groups in total. The van der Waals surface area contributed by atoms with Crippen LogP contribution in [0, 0.1) is 0 Å². The molecule has 0 spiro atoms. The number of unbranched alkanes of at least 4 members (excludes halogenated alkanes) is 12. The summed E-state index contributed by atoms with van der Waals surface area (Å²) in [6.45, 7) is 6.32. The van der Waals surface area contributed by atoms with Crippen molar-refractivity contribution in [2.24, 2.45) is 0 Å². The van der Waals surface area contributed by atoms with Crippen molar-refractivity contribution >= 4 is 24.0 Å². The van der Waals surface area contributed by atoms with Crippen molar-refractivity contribution in [2.45, 2.75) is 134 Å². The topological polar surface area (TPSA) is 127 Å². The molecule has 0 aliphatic carbocycles. The molecule has 2 aromatic carbocycles. The normalized spacial score (nSPS) is 16.9. The van der Waals surface area contributed by atoms with Gasteiger partial charge in [0.15, 0.2) is 0 Å². The van der Waals surface area contributed by atoms with Crippen molar-refractivity contribution in [3.05, 3.63) is 76.5 Å². The molecule has 1 atom stereocenters. The van der Waals surface area contributed by atoms with Crippen LogP contribution in [-0.4, -0.2) is 81.3 Å². The molecular weight excluding hydrogens is 721 g/mol. The summed E-state index contributed by atoms with van der Waals surface area (Å²) in [5, 5.41) is 5.67. The summed E-state index contributed by atoms with van der Waals surface area (Å²) in [5.74, 6) is -0.345. The van der Waals surface area contributed by atoms with Crippen LogP contribution in [0.15, 0.2) is 59.8 Å². The van der Waals surface area contributed by atoms with Crippen LogP contribution in [0.5, 0.6) is 5.75 Å². The number of urea groups is 2. The number of likely N-dealkylation sites (tertiary alicyclic amines) is 1. The van der Waals surface area contributed by atoms with Gasteiger partial charge >= 0.3 is 24.0 Å². The summed E-state index contributed by atoms with van der Waals surface area (Å²) in [6.07, 6.45) is 18.9. The molecule has 2 aliphatic rings. The number of hydrogen-bond donors (Lipinski definition) is 2. The van der Waals surface area contributed by atoms with Crippen LogP contribution in [-0.2, 0) is 30.9 Å². The van der Waals surface area contributed by atoms with E-state index >= 15 is 0 Å². The third-order valence-electron chi connectivity index (χ3n) is 11.8. The van der Waals surface area contributed by atoms with Crippen LogP contribution in [0.25, 0.3) is 0 Å². The van der Waals surface area contributed by atoms with Crippen LogP contribution in [0.1, 0.15) is 139 Å². The highest BCUT2D eigenvalue weighted by Crippen LogP contribution is 2.42. The largest absolute Gasteiger partial charge is 0.496 e. The first-order chi connectivity index (χ1) is 27.7. The van der Waals surface area contributed by atoms with Gasteiger partial charge in [-0.05, 0) is 75.9 Å².